The molecule has 0 aromatic carbocycles. The number of thiophene rings is 1. The normalized spacial score (nSPS) is 24.8. The monoisotopic (exact) mass is 405 g/mol. The molecule has 2 aliphatic rings. The third kappa shape index (κ3) is 3.74. The maximum Gasteiger partial charge on any atom is 0.0659 e. The number of likely N-dealkylation sites (N-methyl/N-ethyl adjacent to an activating group) is 1. The topological polar surface area (TPSA) is 18.5 Å². The Balaban J connectivity index is 1.47. The maximum absolute atomic E-state index is 3.80. The van der Waals surface area contributed by atoms with E-state index in [0.717, 1.165) is 6.54 Å². The first-order chi connectivity index (χ1) is 9.72. The van der Waals surface area contributed by atoms with E-state index in [1.165, 1.54) is 54.9 Å². The summed E-state index contributed by atoms with van der Waals surface area (Å²) in [5.74, 6) is 0. The van der Waals surface area contributed by atoms with Gasteiger partial charge in [0.15, 0.2) is 0 Å². The van der Waals surface area contributed by atoms with Gasteiger partial charge in [-0.2, -0.15) is 0 Å². The van der Waals surface area contributed by atoms with Crippen molar-refractivity contribution in [1.29, 1.82) is 0 Å². The van der Waals surface area contributed by atoms with E-state index in [1.54, 1.807) is 10.4 Å². The van der Waals surface area contributed by atoms with Crippen LogP contribution in [0.5, 0.6) is 0 Å². The molecular weight excluding hydrogens is 381 g/mol. The summed E-state index contributed by atoms with van der Waals surface area (Å²) in [4.78, 5) is 6.64. The van der Waals surface area contributed by atoms with Gasteiger partial charge in [-0.25, -0.2) is 0 Å². The minimum atomic E-state index is 0.603. The first kappa shape index (κ1) is 15.2. The van der Waals surface area contributed by atoms with Gasteiger partial charge in [0.2, 0.25) is 0 Å². The highest BCUT2D eigenvalue weighted by atomic mass is 127. The quantitative estimate of drug-likeness (QED) is 0.777. The molecule has 1 aliphatic carbocycles. The third-order valence-corrected chi connectivity index (χ3v) is 6.47. The molecule has 0 spiro atoms. The van der Waals surface area contributed by atoms with Gasteiger partial charge < -0.3 is 10.2 Å². The molecule has 3 rings (SSSR count). The van der Waals surface area contributed by atoms with Gasteiger partial charge in [0.1, 0.15) is 0 Å². The molecule has 3 nitrogen and oxygen atoms in total. The molecule has 0 saturated carbocycles. The van der Waals surface area contributed by atoms with E-state index in [4.69, 9.17) is 0 Å². The van der Waals surface area contributed by atoms with Gasteiger partial charge in [-0.1, -0.05) is 0 Å². The van der Waals surface area contributed by atoms with Crippen LogP contribution in [0.3, 0.4) is 0 Å². The molecular formula is C15H24IN3S. The highest BCUT2D eigenvalue weighted by Gasteiger charge is 2.22. The molecule has 1 N–H and O–H groups in total. The summed E-state index contributed by atoms with van der Waals surface area (Å²) in [7, 11) is 2.22. The summed E-state index contributed by atoms with van der Waals surface area (Å²) >= 11 is 4.45. The van der Waals surface area contributed by atoms with E-state index >= 15 is 0 Å². The Morgan fingerprint density at radius 3 is 2.95 bits per heavy atom. The summed E-state index contributed by atoms with van der Waals surface area (Å²) < 4.78 is 1.44. The summed E-state index contributed by atoms with van der Waals surface area (Å²) in [5, 5.41) is 3.80. The Kier molecular flexibility index (Phi) is 5.36. The number of piperazine rings is 1. The second kappa shape index (κ2) is 7.05. The molecule has 20 heavy (non-hydrogen) atoms. The second-order valence-electron chi connectivity index (χ2n) is 5.97. The van der Waals surface area contributed by atoms with Crippen molar-refractivity contribution < 1.29 is 0 Å². The van der Waals surface area contributed by atoms with Crippen molar-refractivity contribution in [3.63, 3.8) is 0 Å². The van der Waals surface area contributed by atoms with Crippen LogP contribution in [0.4, 0.5) is 0 Å². The van der Waals surface area contributed by atoms with E-state index in [0.29, 0.717) is 6.04 Å². The fourth-order valence-electron chi connectivity index (χ4n) is 3.20. The van der Waals surface area contributed by atoms with Crippen LogP contribution in [0.1, 0.15) is 29.3 Å². The molecule has 0 radical (unpaired) electrons. The van der Waals surface area contributed by atoms with Gasteiger partial charge in [0.05, 0.1) is 2.88 Å². The lowest BCUT2D eigenvalue weighted by Crippen LogP contribution is -2.46. The zero-order valence-electron chi connectivity index (χ0n) is 12.2. The highest BCUT2D eigenvalue weighted by molar-refractivity contribution is 14.1. The number of nitrogens with zero attached hydrogens (tertiary/aromatic N) is 2. The zero-order chi connectivity index (χ0) is 13.9. The number of aryl methyl sites for hydroxylation is 1. The smallest absolute Gasteiger partial charge is 0.0659 e. The Morgan fingerprint density at radius 2 is 2.15 bits per heavy atom. The van der Waals surface area contributed by atoms with Crippen LogP contribution in [-0.2, 0) is 6.42 Å². The van der Waals surface area contributed by atoms with Crippen molar-refractivity contribution in [3.05, 3.63) is 19.4 Å². The summed E-state index contributed by atoms with van der Waals surface area (Å²) in [6, 6.07) is 3.00. The molecule has 1 saturated heterocycles. The van der Waals surface area contributed by atoms with Gasteiger partial charge >= 0.3 is 0 Å². The summed E-state index contributed by atoms with van der Waals surface area (Å²) in [6.07, 6.45) is 3.94. The van der Waals surface area contributed by atoms with Gasteiger partial charge in [-0.05, 0) is 60.5 Å². The van der Waals surface area contributed by atoms with Crippen LogP contribution >= 0.6 is 33.9 Å². The fraction of sp³-hybridized carbons (Fsp3) is 0.733. The summed E-state index contributed by atoms with van der Waals surface area (Å²) in [6.45, 7) is 7.21. The van der Waals surface area contributed by atoms with Crippen molar-refractivity contribution in [2.24, 2.45) is 0 Å². The Morgan fingerprint density at radius 1 is 1.35 bits per heavy atom. The molecule has 1 atom stereocenters. The molecule has 112 valence electrons. The largest absolute Gasteiger partial charge is 0.309 e. The lowest BCUT2D eigenvalue weighted by molar-refractivity contribution is 0.153. The van der Waals surface area contributed by atoms with Crippen LogP contribution in [0, 0.1) is 2.88 Å². The average Bonchev–Trinajstić information content (AvgIpc) is 2.82. The molecule has 1 aromatic rings. The standard InChI is InChI=1S/C15H24IN3S/c1-18-7-9-19(10-8-18)6-5-17-13-3-2-4-14-12(13)11-15(16)20-14/h11,13,17H,2-10H2,1H3. The molecule has 1 fully saturated rings. The second-order valence-corrected chi connectivity index (χ2v) is 9.00. The van der Waals surface area contributed by atoms with Crippen molar-refractivity contribution in [3.8, 4) is 0 Å². The van der Waals surface area contributed by atoms with Crippen LogP contribution in [0.25, 0.3) is 0 Å². The third-order valence-electron chi connectivity index (χ3n) is 4.50. The van der Waals surface area contributed by atoms with Gasteiger partial charge in [-0.3, -0.25) is 4.90 Å². The molecule has 1 aliphatic heterocycles. The molecule has 5 heteroatoms. The molecule has 2 heterocycles. The number of hydrogen-bond donors (Lipinski definition) is 1. The van der Waals surface area contributed by atoms with Gasteiger partial charge in [-0.15, -0.1) is 11.3 Å². The number of hydrogen-bond acceptors (Lipinski definition) is 4. The first-order valence-electron chi connectivity index (χ1n) is 7.65. The van der Waals surface area contributed by atoms with Crippen LogP contribution in [-0.4, -0.2) is 56.1 Å². The predicted molar refractivity (Wildman–Crippen MR) is 94.7 cm³/mol. The lowest BCUT2D eigenvalue weighted by Gasteiger charge is -2.33. The summed E-state index contributed by atoms with van der Waals surface area (Å²) in [5.41, 5.74) is 1.59. The van der Waals surface area contributed by atoms with Gasteiger partial charge in [0.25, 0.3) is 0 Å². The number of fused-ring (bicyclic) bond motifs is 1. The number of rotatable bonds is 4. The lowest BCUT2D eigenvalue weighted by atomic mass is 9.94. The van der Waals surface area contributed by atoms with Crippen LogP contribution in [0.2, 0.25) is 0 Å². The van der Waals surface area contributed by atoms with Gasteiger partial charge in [0, 0.05) is 50.2 Å². The van der Waals surface area contributed by atoms with E-state index in [-0.39, 0.29) is 0 Å². The first-order valence-corrected chi connectivity index (χ1v) is 9.54. The number of halogens is 1. The Labute approximate surface area is 139 Å². The van der Waals surface area contributed by atoms with E-state index in [2.05, 4.69) is 50.8 Å². The Bertz CT molecular complexity index is 440. The molecule has 1 aromatic heterocycles. The minimum absolute atomic E-state index is 0.603. The number of nitrogens with one attached hydrogen (secondary N) is 1. The van der Waals surface area contributed by atoms with Crippen LogP contribution in [0.15, 0.2) is 6.07 Å². The Hall–Kier alpha value is 0.310. The predicted octanol–water partition coefficient (Wildman–Crippen LogP) is 2.57. The van der Waals surface area contributed by atoms with E-state index in [9.17, 15) is 0 Å². The average molecular weight is 405 g/mol. The maximum atomic E-state index is 3.80. The molecule has 0 bridgehead atoms. The highest BCUT2D eigenvalue weighted by Crippen LogP contribution is 2.36. The van der Waals surface area contributed by atoms with Crippen molar-refractivity contribution in [2.75, 3.05) is 46.3 Å². The van der Waals surface area contributed by atoms with E-state index in [1.807, 2.05) is 11.3 Å². The molecule has 0 amide bonds. The van der Waals surface area contributed by atoms with Crippen LogP contribution < -0.4 is 5.32 Å². The van der Waals surface area contributed by atoms with Crippen molar-refractivity contribution >= 4 is 33.9 Å². The minimum Gasteiger partial charge on any atom is -0.309 e. The molecule has 1 unspecified atom stereocenters. The van der Waals surface area contributed by atoms with Crippen molar-refractivity contribution in [1.82, 2.24) is 15.1 Å². The SMILES string of the molecule is CN1CCN(CCNC2CCCc3sc(I)cc32)CC1. The van der Waals surface area contributed by atoms with E-state index < -0.39 is 0 Å². The fourth-order valence-corrected chi connectivity index (χ4v) is 5.32. The zero-order valence-corrected chi connectivity index (χ0v) is 15.2. The van der Waals surface area contributed by atoms with Crippen molar-refractivity contribution in [2.45, 2.75) is 25.3 Å².